The number of hydrogen-bond donors (Lipinski definition) is 1. The lowest BCUT2D eigenvalue weighted by atomic mass is 10.00. The van der Waals surface area contributed by atoms with Crippen LogP contribution in [0.1, 0.15) is 23.1 Å². The van der Waals surface area contributed by atoms with Crippen LogP contribution >= 0.6 is 0 Å². The molecule has 1 aromatic heterocycles. The van der Waals surface area contributed by atoms with Crippen molar-refractivity contribution in [1.29, 1.82) is 0 Å². The van der Waals surface area contributed by atoms with E-state index in [1.165, 1.54) is 0 Å². The topological polar surface area (TPSA) is 78.0 Å². The molecule has 2 amide bonds. The smallest absolute Gasteiger partial charge is 0.237 e. The predicted molar refractivity (Wildman–Crippen MR) is 127 cm³/mol. The minimum atomic E-state index is -0.457. The van der Waals surface area contributed by atoms with Crippen molar-refractivity contribution in [1.82, 2.24) is 20.1 Å². The molecule has 1 aromatic carbocycles. The van der Waals surface area contributed by atoms with Crippen molar-refractivity contribution in [2.24, 2.45) is 0 Å². The monoisotopic (exact) mass is 451 g/mol. The number of pyridine rings is 1. The van der Waals surface area contributed by atoms with Crippen molar-refractivity contribution in [2.45, 2.75) is 32.9 Å². The number of amides is 2. The highest BCUT2D eigenvalue weighted by Gasteiger charge is 2.34. The van der Waals surface area contributed by atoms with Crippen LogP contribution in [0.5, 0.6) is 5.75 Å². The molecular weight excluding hydrogens is 418 g/mol. The summed E-state index contributed by atoms with van der Waals surface area (Å²) < 4.78 is 5.43. The van der Waals surface area contributed by atoms with Crippen LogP contribution < -0.4 is 15.0 Å². The molecule has 2 fully saturated rings. The third-order valence-electron chi connectivity index (χ3n) is 6.86. The van der Waals surface area contributed by atoms with E-state index in [9.17, 15) is 9.59 Å². The van der Waals surface area contributed by atoms with Crippen LogP contribution in [-0.4, -0.2) is 79.0 Å². The summed E-state index contributed by atoms with van der Waals surface area (Å²) in [4.78, 5) is 36.5. The second-order valence-electron chi connectivity index (χ2n) is 8.71. The van der Waals surface area contributed by atoms with Crippen LogP contribution in [0.15, 0.2) is 36.5 Å². The maximum atomic E-state index is 13.1. The highest BCUT2D eigenvalue weighted by molar-refractivity contribution is 5.89. The van der Waals surface area contributed by atoms with Crippen molar-refractivity contribution >= 4 is 17.6 Å². The summed E-state index contributed by atoms with van der Waals surface area (Å²) in [6.45, 7) is 8.85. The number of aromatic nitrogens is 1. The fraction of sp³-hybridized carbons (Fsp3) is 0.480. The van der Waals surface area contributed by atoms with Crippen molar-refractivity contribution in [3.8, 4) is 5.75 Å². The Morgan fingerprint density at radius 1 is 1.09 bits per heavy atom. The van der Waals surface area contributed by atoms with E-state index in [1.807, 2.05) is 36.1 Å². The van der Waals surface area contributed by atoms with E-state index >= 15 is 0 Å². The first kappa shape index (κ1) is 23.0. The van der Waals surface area contributed by atoms with E-state index in [0.29, 0.717) is 26.2 Å². The SMILES string of the molecule is COc1ccc(CN2CCNC(=O)[C@@H]2CC(=O)N2CCN(c3ccccn3)CC2)c(C)c1C. The molecule has 8 heteroatoms. The summed E-state index contributed by atoms with van der Waals surface area (Å²) in [6, 6.07) is 9.44. The Hall–Kier alpha value is -3.13. The molecule has 0 unspecified atom stereocenters. The summed E-state index contributed by atoms with van der Waals surface area (Å²) in [5.74, 6) is 1.77. The van der Waals surface area contributed by atoms with Gasteiger partial charge in [0.05, 0.1) is 19.6 Å². The summed E-state index contributed by atoms with van der Waals surface area (Å²) in [5.41, 5.74) is 3.43. The van der Waals surface area contributed by atoms with Gasteiger partial charge in [0.25, 0.3) is 0 Å². The Labute approximate surface area is 195 Å². The average molecular weight is 452 g/mol. The number of ether oxygens (including phenoxy) is 1. The van der Waals surface area contributed by atoms with Crippen LogP contribution in [0.25, 0.3) is 0 Å². The highest BCUT2D eigenvalue weighted by Crippen LogP contribution is 2.26. The molecule has 33 heavy (non-hydrogen) atoms. The van der Waals surface area contributed by atoms with Gasteiger partial charge < -0.3 is 19.9 Å². The number of methoxy groups -OCH3 is 1. The Morgan fingerprint density at radius 3 is 2.58 bits per heavy atom. The maximum absolute atomic E-state index is 13.1. The molecule has 1 N–H and O–H groups in total. The minimum absolute atomic E-state index is 0.0327. The van der Waals surface area contributed by atoms with Crippen LogP contribution in [0.4, 0.5) is 5.82 Å². The largest absolute Gasteiger partial charge is 0.496 e. The molecule has 0 saturated carbocycles. The number of hydrogen-bond acceptors (Lipinski definition) is 6. The number of piperazine rings is 2. The quantitative estimate of drug-likeness (QED) is 0.721. The number of nitrogens with zero attached hydrogens (tertiary/aromatic N) is 4. The molecule has 2 aliphatic rings. The van der Waals surface area contributed by atoms with Crippen LogP contribution in [-0.2, 0) is 16.1 Å². The predicted octanol–water partition coefficient (Wildman–Crippen LogP) is 1.75. The van der Waals surface area contributed by atoms with Gasteiger partial charge in [-0.1, -0.05) is 12.1 Å². The van der Waals surface area contributed by atoms with E-state index < -0.39 is 6.04 Å². The summed E-state index contributed by atoms with van der Waals surface area (Å²) in [7, 11) is 1.67. The molecule has 2 aliphatic heterocycles. The zero-order valence-electron chi connectivity index (χ0n) is 19.7. The molecule has 8 nitrogen and oxygen atoms in total. The number of carbonyl (C=O) groups is 2. The first-order chi connectivity index (χ1) is 16.0. The third-order valence-corrected chi connectivity index (χ3v) is 6.86. The van der Waals surface area contributed by atoms with E-state index in [2.05, 4.69) is 33.1 Å². The van der Waals surface area contributed by atoms with Gasteiger partial charge in [0.2, 0.25) is 11.8 Å². The Morgan fingerprint density at radius 2 is 1.88 bits per heavy atom. The van der Waals surface area contributed by atoms with Crippen molar-refractivity contribution in [2.75, 3.05) is 51.3 Å². The lowest BCUT2D eigenvalue weighted by Gasteiger charge is -2.38. The number of rotatable bonds is 6. The summed E-state index contributed by atoms with van der Waals surface area (Å²) in [6.07, 6.45) is 1.98. The molecule has 1 atom stereocenters. The zero-order valence-corrected chi connectivity index (χ0v) is 19.7. The van der Waals surface area contributed by atoms with Crippen LogP contribution in [0.2, 0.25) is 0 Å². The van der Waals surface area contributed by atoms with Crippen molar-refractivity contribution < 1.29 is 14.3 Å². The zero-order chi connectivity index (χ0) is 23.4. The van der Waals surface area contributed by atoms with E-state index in [0.717, 1.165) is 47.9 Å². The van der Waals surface area contributed by atoms with Gasteiger partial charge in [0.1, 0.15) is 11.6 Å². The normalized spacial score (nSPS) is 19.4. The summed E-state index contributed by atoms with van der Waals surface area (Å²) in [5, 5.41) is 2.94. The second-order valence-corrected chi connectivity index (χ2v) is 8.71. The van der Waals surface area contributed by atoms with Gasteiger partial charge in [-0.15, -0.1) is 0 Å². The van der Waals surface area contributed by atoms with Gasteiger partial charge in [0, 0.05) is 52.0 Å². The fourth-order valence-electron chi connectivity index (χ4n) is 4.66. The number of benzene rings is 1. The van der Waals surface area contributed by atoms with Crippen molar-refractivity contribution in [3.63, 3.8) is 0 Å². The molecule has 0 radical (unpaired) electrons. The van der Waals surface area contributed by atoms with Gasteiger partial charge in [-0.25, -0.2) is 4.98 Å². The Bertz CT molecular complexity index is 989. The van der Waals surface area contributed by atoms with E-state index in [4.69, 9.17) is 4.74 Å². The summed E-state index contributed by atoms with van der Waals surface area (Å²) >= 11 is 0. The van der Waals surface area contributed by atoms with Crippen LogP contribution in [0, 0.1) is 13.8 Å². The molecular formula is C25H33N5O3. The molecule has 0 bridgehead atoms. The Kier molecular flexibility index (Phi) is 7.13. The standard InChI is InChI=1S/C25H33N5O3/c1-18-19(2)22(33-3)8-7-20(18)17-30-11-10-27-25(32)21(30)16-24(31)29-14-12-28(13-15-29)23-6-4-5-9-26-23/h4-9,21H,10-17H2,1-3H3,(H,27,32)/t21-/m0/s1. The second kappa shape index (κ2) is 10.2. The lowest BCUT2D eigenvalue weighted by Crippen LogP contribution is -2.57. The van der Waals surface area contributed by atoms with E-state index in [1.54, 1.807) is 13.3 Å². The van der Waals surface area contributed by atoms with Gasteiger partial charge in [-0.2, -0.15) is 0 Å². The number of carbonyl (C=O) groups excluding carboxylic acids is 2. The van der Waals surface area contributed by atoms with Gasteiger partial charge >= 0.3 is 0 Å². The molecule has 0 aliphatic carbocycles. The molecule has 3 heterocycles. The minimum Gasteiger partial charge on any atom is -0.496 e. The molecule has 4 rings (SSSR count). The third kappa shape index (κ3) is 5.11. The lowest BCUT2D eigenvalue weighted by molar-refractivity contribution is -0.139. The Balaban J connectivity index is 1.40. The number of anilines is 1. The van der Waals surface area contributed by atoms with Crippen molar-refractivity contribution in [3.05, 3.63) is 53.2 Å². The first-order valence-corrected chi connectivity index (χ1v) is 11.6. The highest BCUT2D eigenvalue weighted by atomic mass is 16.5. The molecule has 176 valence electrons. The molecule has 2 aromatic rings. The van der Waals surface area contributed by atoms with Gasteiger partial charge in [-0.05, 0) is 48.7 Å². The average Bonchev–Trinajstić information content (AvgIpc) is 2.85. The van der Waals surface area contributed by atoms with Gasteiger partial charge in [-0.3, -0.25) is 14.5 Å². The fourth-order valence-corrected chi connectivity index (χ4v) is 4.66. The van der Waals surface area contributed by atoms with Crippen LogP contribution in [0.3, 0.4) is 0 Å². The number of nitrogens with one attached hydrogen (secondary N) is 1. The van der Waals surface area contributed by atoms with Gasteiger partial charge in [0.15, 0.2) is 0 Å². The maximum Gasteiger partial charge on any atom is 0.237 e. The molecule has 0 spiro atoms. The van der Waals surface area contributed by atoms with E-state index in [-0.39, 0.29) is 18.2 Å². The molecule has 2 saturated heterocycles. The first-order valence-electron chi connectivity index (χ1n) is 11.6.